The average molecular weight is 405 g/mol. The summed E-state index contributed by atoms with van der Waals surface area (Å²) in [7, 11) is -5.27. The van der Waals surface area contributed by atoms with Crippen molar-refractivity contribution in [1.29, 1.82) is 0 Å². The summed E-state index contributed by atoms with van der Waals surface area (Å²) in [5, 5.41) is 20.2. The second-order valence-electron chi connectivity index (χ2n) is 6.44. The van der Waals surface area contributed by atoms with Crippen LogP contribution in [0.1, 0.15) is 44.4 Å². The molecule has 2 heterocycles. The van der Waals surface area contributed by atoms with Crippen LogP contribution in [0.2, 0.25) is 0 Å². The standard InChI is InChI=1S/C15H26N3O8P/c1-2-3-4-5-6-9-7-18(15(21)17-13(9)16)14-12(20)11(19)10(26-14)8-25-27(22,23)24/h7,10-12,14,19-20H,2-6,8H2,1H3,(H2,16,17,21)(H2,22,23,24)/p-2. The molecule has 1 aromatic rings. The third-order valence-electron chi connectivity index (χ3n) is 4.37. The lowest BCUT2D eigenvalue weighted by atomic mass is 10.1. The van der Waals surface area contributed by atoms with Crippen LogP contribution in [-0.4, -0.2) is 44.7 Å². The number of unbranched alkanes of at least 4 members (excludes halogenated alkanes) is 3. The Balaban J connectivity index is 2.16. The molecule has 0 amide bonds. The molecule has 1 aliphatic rings. The second kappa shape index (κ2) is 9.24. The van der Waals surface area contributed by atoms with Crippen LogP contribution in [0, 0.1) is 0 Å². The average Bonchev–Trinajstić information content (AvgIpc) is 2.86. The minimum atomic E-state index is -5.27. The maximum absolute atomic E-state index is 12.2. The molecule has 1 aromatic heterocycles. The fourth-order valence-electron chi connectivity index (χ4n) is 2.90. The van der Waals surface area contributed by atoms with Crippen molar-refractivity contribution >= 4 is 13.6 Å². The molecular formula is C15H24N3O8P-2. The van der Waals surface area contributed by atoms with Crippen LogP contribution in [0.5, 0.6) is 0 Å². The molecule has 154 valence electrons. The molecule has 0 bridgehead atoms. The van der Waals surface area contributed by atoms with Crippen molar-refractivity contribution in [3.8, 4) is 0 Å². The predicted octanol–water partition coefficient (Wildman–Crippen LogP) is -1.59. The summed E-state index contributed by atoms with van der Waals surface area (Å²) in [5.41, 5.74) is 5.60. The lowest BCUT2D eigenvalue weighted by Gasteiger charge is -2.30. The molecule has 27 heavy (non-hydrogen) atoms. The Bertz CT molecular complexity index is 736. The minimum absolute atomic E-state index is 0.0827. The molecule has 4 unspecified atom stereocenters. The van der Waals surface area contributed by atoms with E-state index >= 15 is 0 Å². The number of rotatable bonds is 9. The Morgan fingerprint density at radius 1 is 1.33 bits per heavy atom. The first-order valence-corrected chi connectivity index (χ1v) is 10.2. The fraction of sp³-hybridized carbons (Fsp3) is 0.733. The van der Waals surface area contributed by atoms with Crippen molar-refractivity contribution < 1.29 is 33.8 Å². The molecule has 1 aliphatic heterocycles. The third kappa shape index (κ3) is 5.82. The number of aliphatic hydroxyl groups excluding tert-OH is 2. The summed E-state index contributed by atoms with van der Waals surface area (Å²) in [6.45, 7) is 1.30. The number of nitrogens with two attached hydrogens (primary N) is 1. The number of ether oxygens (including phenoxy) is 1. The lowest BCUT2D eigenvalue weighted by Crippen LogP contribution is -2.36. The Morgan fingerprint density at radius 3 is 2.67 bits per heavy atom. The Morgan fingerprint density at radius 2 is 2.04 bits per heavy atom. The quantitative estimate of drug-likeness (QED) is 0.320. The molecule has 12 heteroatoms. The number of aryl methyl sites for hydroxylation is 1. The number of hydrogen-bond acceptors (Lipinski definition) is 10. The van der Waals surface area contributed by atoms with Gasteiger partial charge < -0.3 is 39.6 Å². The summed E-state index contributed by atoms with van der Waals surface area (Å²) in [6.07, 6.45) is 0.212. The van der Waals surface area contributed by atoms with E-state index in [2.05, 4.69) is 16.4 Å². The molecule has 1 fully saturated rings. The number of phosphoric acid groups is 1. The van der Waals surface area contributed by atoms with E-state index in [1.165, 1.54) is 6.20 Å². The highest BCUT2D eigenvalue weighted by atomic mass is 31.2. The van der Waals surface area contributed by atoms with E-state index in [1.807, 2.05) is 0 Å². The van der Waals surface area contributed by atoms with E-state index in [0.29, 0.717) is 12.0 Å². The van der Waals surface area contributed by atoms with Gasteiger partial charge in [-0.15, -0.1) is 0 Å². The number of phosphoric ester groups is 1. The Hall–Kier alpha value is -1.33. The van der Waals surface area contributed by atoms with Crippen molar-refractivity contribution in [1.82, 2.24) is 9.55 Å². The normalized spacial score (nSPS) is 25.8. The molecule has 11 nitrogen and oxygen atoms in total. The zero-order valence-electron chi connectivity index (χ0n) is 14.9. The predicted molar refractivity (Wildman–Crippen MR) is 90.2 cm³/mol. The van der Waals surface area contributed by atoms with Crippen molar-refractivity contribution in [2.75, 3.05) is 12.3 Å². The fourth-order valence-corrected chi connectivity index (χ4v) is 3.23. The number of aliphatic hydroxyl groups is 2. The zero-order valence-corrected chi connectivity index (χ0v) is 15.8. The van der Waals surface area contributed by atoms with Gasteiger partial charge in [-0.25, -0.2) is 4.79 Å². The maximum Gasteiger partial charge on any atom is 0.351 e. The number of anilines is 1. The van der Waals surface area contributed by atoms with Gasteiger partial charge in [0.1, 0.15) is 24.1 Å². The maximum atomic E-state index is 12.2. The number of nitrogens with zero attached hydrogens (tertiary/aromatic N) is 2. The molecule has 2 rings (SSSR count). The Kier molecular flexibility index (Phi) is 7.52. The number of hydrogen-bond donors (Lipinski definition) is 3. The first-order chi connectivity index (χ1) is 12.6. The van der Waals surface area contributed by atoms with Gasteiger partial charge in [0.05, 0.1) is 14.4 Å². The van der Waals surface area contributed by atoms with Gasteiger partial charge >= 0.3 is 5.69 Å². The van der Waals surface area contributed by atoms with E-state index in [0.717, 1.165) is 30.3 Å². The Labute approximate surface area is 156 Å². The first kappa shape index (κ1) is 22.0. The zero-order chi connectivity index (χ0) is 20.2. The van der Waals surface area contributed by atoms with Crippen molar-refractivity contribution in [3.05, 3.63) is 22.2 Å². The first-order valence-electron chi connectivity index (χ1n) is 8.69. The summed E-state index contributed by atoms with van der Waals surface area (Å²) >= 11 is 0. The van der Waals surface area contributed by atoms with Gasteiger partial charge in [0.15, 0.2) is 6.23 Å². The van der Waals surface area contributed by atoms with Gasteiger partial charge in [-0.05, 0) is 12.8 Å². The van der Waals surface area contributed by atoms with Gasteiger partial charge in [-0.3, -0.25) is 4.57 Å². The van der Waals surface area contributed by atoms with Crippen LogP contribution < -0.4 is 21.2 Å². The molecule has 1 saturated heterocycles. The largest absolute Gasteiger partial charge is 0.790 e. The molecular weight excluding hydrogens is 381 g/mol. The van der Waals surface area contributed by atoms with Crippen molar-refractivity contribution in [3.63, 3.8) is 0 Å². The molecule has 0 aromatic carbocycles. The van der Waals surface area contributed by atoms with Gasteiger partial charge in [0.2, 0.25) is 0 Å². The van der Waals surface area contributed by atoms with E-state index in [9.17, 15) is 29.4 Å². The minimum Gasteiger partial charge on any atom is -0.790 e. The number of aromatic nitrogens is 2. The highest BCUT2D eigenvalue weighted by Crippen LogP contribution is 2.32. The SMILES string of the molecule is CCCCCCc1cn(C2OC(COP(=O)([O-])[O-])C(O)C2O)c(=O)nc1N. The lowest BCUT2D eigenvalue weighted by molar-refractivity contribution is -0.343. The molecule has 4 atom stereocenters. The molecule has 0 radical (unpaired) electrons. The molecule has 0 spiro atoms. The smallest absolute Gasteiger partial charge is 0.351 e. The van der Waals surface area contributed by atoms with Gasteiger partial charge in [0, 0.05) is 11.8 Å². The monoisotopic (exact) mass is 405 g/mol. The molecule has 4 N–H and O–H groups in total. The summed E-state index contributed by atoms with van der Waals surface area (Å²) in [4.78, 5) is 37.0. The van der Waals surface area contributed by atoms with Crippen molar-refractivity contribution in [2.45, 2.75) is 63.6 Å². The van der Waals surface area contributed by atoms with Crippen LogP contribution in [0.4, 0.5) is 5.82 Å². The van der Waals surface area contributed by atoms with E-state index in [-0.39, 0.29) is 5.82 Å². The third-order valence-corrected chi connectivity index (χ3v) is 4.83. The van der Waals surface area contributed by atoms with E-state index in [1.54, 1.807) is 0 Å². The second-order valence-corrected chi connectivity index (χ2v) is 7.59. The summed E-state index contributed by atoms with van der Waals surface area (Å²) in [5.74, 6) is 0.0827. The van der Waals surface area contributed by atoms with Gasteiger partial charge in [-0.1, -0.05) is 26.2 Å². The van der Waals surface area contributed by atoms with E-state index in [4.69, 9.17) is 10.5 Å². The van der Waals surface area contributed by atoms with Crippen LogP contribution in [0.15, 0.2) is 11.0 Å². The van der Waals surface area contributed by atoms with Crippen molar-refractivity contribution in [2.24, 2.45) is 0 Å². The number of nitrogen functional groups attached to an aromatic ring is 1. The highest BCUT2D eigenvalue weighted by molar-refractivity contribution is 7.43. The molecule has 0 saturated carbocycles. The summed E-state index contributed by atoms with van der Waals surface area (Å²) in [6, 6.07) is 0. The molecule has 0 aliphatic carbocycles. The van der Waals surface area contributed by atoms with Crippen LogP contribution in [0.3, 0.4) is 0 Å². The van der Waals surface area contributed by atoms with Crippen LogP contribution in [-0.2, 0) is 20.2 Å². The van der Waals surface area contributed by atoms with Gasteiger partial charge in [0.25, 0.3) is 0 Å². The van der Waals surface area contributed by atoms with Crippen LogP contribution >= 0.6 is 7.82 Å². The van der Waals surface area contributed by atoms with Gasteiger partial charge in [-0.2, -0.15) is 4.98 Å². The summed E-state index contributed by atoms with van der Waals surface area (Å²) < 4.78 is 21.0. The van der Waals surface area contributed by atoms with Crippen LogP contribution in [0.25, 0.3) is 0 Å². The van der Waals surface area contributed by atoms with E-state index < -0.39 is 44.7 Å². The topological polar surface area (TPSA) is 183 Å². The highest BCUT2D eigenvalue weighted by Gasteiger charge is 2.44.